The van der Waals surface area contributed by atoms with Gasteiger partial charge >= 0.3 is 0 Å². The van der Waals surface area contributed by atoms with Crippen LogP contribution in [0, 0.1) is 6.92 Å². The lowest BCUT2D eigenvalue weighted by molar-refractivity contribution is -0.122. The van der Waals surface area contributed by atoms with Crippen LogP contribution in [-0.2, 0) is 10.5 Å². The van der Waals surface area contributed by atoms with Crippen molar-refractivity contribution in [3.63, 3.8) is 0 Å². The molecule has 4 aromatic rings. The van der Waals surface area contributed by atoms with Crippen molar-refractivity contribution in [1.29, 1.82) is 0 Å². The zero-order chi connectivity index (χ0) is 25.1. The second kappa shape index (κ2) is 10.8. The molecule has 1 aliphatic heterocycles. The zero-order valence-electron chi connectivity index (χ0n) is 19.6. The third kappa shape index (κ3) is 5.31. The number of thiocarbonyl (C=S) groups is 1. The second-order valence-corrected chi connectivity index (χ2v) is 11.0. The topological polar surface area (TPSA) is 55.2 Å². The molecule has 0 atom stereocenters. The number of carbonyl (C=O) groups excluding carboxylic acids is 2. The van der Waals surface area contributed by atoms with E-state index in [4.69, 9.17) is 17.2 Å². The number of benzene rings is 3. The van der Waals surface area contributed by atoms with E-state index < -0.39 is 0 Å². The van der Waals surface area contributed by atoms with Gasteiger partial charge in [0.2, 0.25) is 5.91 Å². The van der Waals surface area contributed by atoms with Gasteiger partial charge in [-0.2, -0.15) is 0 Å². The van der Waals surface area contributed by atoms with Crippen molar-refractivity contribution < 1.29 is 9.59 Å². The van der Waals surface area contributed by atoms with Crippen molar-refractivity contribution in [1.82, 2.24) is 14.5 Å². The highest BCUT2D eigenvalue weighted by molar-refractivity contribution is 8.26. The molecule has 0 N–H and O–H groups in total. The van der Waals surface area contributed by atoms with Crippen LogP contribution in [0.4, 0.5) is 0 Å². The van der Waals surface area contributed by atoms with Gasteiger partial charge in [0, 0.05) is 18.7 Å². The number of carbonyl (C=O) groups is 2. The molecular formula is C28H23N3O2S3. The molecule has 1 aromatic heterocycles. The first-order chi connectivity index (χ1) is 17.5. The minimum atomic E-state index is -0.161. The monoisotopic (exact) mass is 529 g/mol. The summed E-state index contributed by atoms with van der Waals surface area (Å²) >= 11 is 8.27. The van der Waals surface area contributed by atoms with Gasteiger partial charge in [-0.05, 0) is 36.3 Å². The van der Waals surface area contributed by atoms with Gasteiger partial charge in [0.15, 0.2) is 5.16 Å². The van der Waals surface area contributed by atoms with Gasteiger partial charge < -0.3 is 0 Å². The lowest BCUT2D eigenvalue weighted by atomic mass is 10.2. The molecule has 2 heterocycles. The van der Waals surface area contributed by atoms with Gasteiger partial charge in [-0.3, -0.25) is 19.1 Å². The van der Waals surface area contributed by atoms with Crippen molar-refractivity contribution in [2.75, 3.05) is 6.54 Å². The summed E-state index contributed by atoms with van der Waals surface area (Å²) in [6.07, 6.45) is 1.98. The Bertz CT molecular complexity index is 1480. The largest absolute Gasteiger partial charge is 0.292 e. The fraction of sp³-hybridized carbons (Fsp3) is 0.143. The van der Waals surface area contributed by atoms with E-state index in [1.807, 2.05) is 60.7 Å². The van der Waals surface area contributed by atoms with E-state index in [2.05, 4.69) is 31.2 Å². The first kappa shape index (κ1) is 24.5. The predicted molar refractivity (Wildman–Crippen MR) is 152 cm³/mol. The highest BCUT2D eigenvalue weighted by Crippen LogP contribution is 2.33. The zero-order valence-corrected chi connectivity index (χ0v) is 22.0. The first-order valence-corrected chi connectivity index (χ1v) is 13.7. The Labute approximate surface area is 223 Å². The normalized spacial score (nSPS) is 14.8. The van der Waals surface area contributed by atoms with Gasteiger partial charge in [0.25, 0.3) is 5.91 Å². The van der Waals surface area contributed by atoms with Gasteiger partial charge in [-0.15, -0.1) is 0 Å². The van der Waals surface area contributed by atoms with Crippen LogP contribution in [0.1, 0.15) is 27.9 Å². The van der Waals surface area contributed by atoms with Crippen molar-refractivity contribution in [2.45, 2.75) is 24.3 Å². The fourth-order valence-corrected chi connectivity index (χ4v) is 6.18. The van der Waals surface area contributed by atoms with E-state index in [0.29, 0.717) is 20.1 Å². The molecule has 0 saturated carbocycles. The van der Waals surface area contributed by atoms with Gasteiger partial charge in [-0.25, -0.2) is 4.98 Å². The number of rotatable bonds is 7. The molecule has 0 radical (unpaired) electrons. The lowest BCUT2D eigenvalue weighted by Gasteiger charge is -2.15. The fourth-order valence-electron chi connectivity index (χ4n) is 3.89. The molecular weight excluding hydrogens is 507 g/mol. The average Bonchev–Trinajstić information content (AvgIpc) is 3.39. The summed E-state index contributed by atoms with van der Waals surface area (Å²) in [5.41, 5.74) is 4.85. The molecule has 0 aliphatic carbocycles. The number of aromatic nitrogens is 2. The molecule has 1 saturated heterocycles. The Morgan fingerprint density at radius 1 is 1.03 bits per heavy atom. The van der Waals surface area contributed by atoms with Gasteiger partial charge in [0.1, 0.15) is 4.32 Å². The SMILES string of the molecule is Cc1ccc(CSc2nc3ccccc3n2C(=O)CCN2C(=O)/C(=C\c3ccccc3)SC2=S)cc1. The standard InChI is InChI=1S/C28H23N3O2S3/c1-19-11-13-21(14-12-19)18-35-27-29-22-9-5-6-10-23(22)31(27)25(32)15-16-30-26(33)24(36-28(30)34)17-20-7-3-2-4-8-20/h2-14,17H,15-16,18H2,1H3/b24-17+. The minimum absolute atomic E-state index is 0.115. The number of thioether (sulfide) groups is 2. The Morgan fingerprint density at radius 2 is 1.75 bits per heavy atom. The molecule has 0 unspecified atom stereocenters. The van der Waals surface area contributed by atoms with Crippen LogP contribution in [0.25, 0.3) is 17.1 Å². The summed E-state index contributed by atoms with van der Waals surface area (Å²) in [6, 6.07) is 25.6. The third-order valence-corrected chi connectivity index (χ3v) is 8.18. The summed E-state index contributed by atoms with van der Waals surface area (Å²) in [5, 5.41) is 0.649. The Morgan fingerprint density at radius 3 is 2.53 bits per heavy atom. The maximum absolute atomic E-state index is 13.4. The molecule has 0 bridgehead atoms. The van der Waals surface area contributed by atoms with Crippen molar-refractivity contribution in [2.24, 2.45) is 0 Å². The van der Waals surface area contributed by atoms with Crippen LogP contribution < -0.4 is 0 Å². The molecule has 1 amide bonds. The van der Waals surface area contributed by atoms with Crippen LogP contribution >= 0.6 is 35.7 Å². The highest BCUT2D eigenvalue weighted by Gasteiger charge is 2.32. The smallest absolute Gasteiger partial charge is 0.266 e. The highest BCUT2D eigenvalue weighted by atomic mass is 32.2. The second-order valence-electron chi connectivity index (χ2n) is 8.38. The van der Waals surface area contributed by atoms with Gasteiger partial charge in [0.05, 0.1) is 15.9 Å². The van der Waals surface area contributed by atoms with Crippen LogP contribution in [0.2, 0.25) is 0 Å². The quantitative estimate of drug-likeness (QED) is 0.153. The van der Waals surface area contributed by atoms with Crippen molar-refractivity contribution in [3.05, 3.63) is 100 Å². The van der Waals surface area contributed by atoms with Crippen LogP contribution in [0.5, 0.6) is 0 Å². The van der Waals surface area contributed by atoms with Crippen molar-refractivity contribution in [3.8, 4) is 0 Å². The molecule has 5 nitrogen and oxygen atoms in total. The number of amides is 1. The van der Waals surface area contributed by atoms with E-state index >= 15 is 0 Å². The Kier molecular flexibility index (Phi) is 7.36. The maximum atomic E-state index is 13.4. The van der Waals surface area contributed by atoms with E-state index in [-0.39, 0.29) is 24.8 Å². The van der Waals surface area contributed by atoms with E-state index in [1.165, 1.54) is 39.6 Å². The van der Waals surface area contributed by atoms with Crippen LogP contribution in [0.15, 0.2) is 88.9 Å². The summed E-state index contributed by atoms with van der Waals surface area (Å²) < 4.78 is 2.14. The number of para-hydroxylation sites is 2. The maximum Gasteiger partial charge on any atom is 0.266 e. The van der Waals surface area contributed by atoms with Gasteiger partial charge in [-0.1, -0.05) is 108 Å². The van der Waals surface area contributed by atoms with Crippen LogP contribution in [0.3, 0.4) is 0 Å². The molecule has 5 rings (SSSR count). The molecule has 8 heteroatoms. The predicted octanol–water partition coefficient (Wildman–Crippen LogP) is 6.57. The Balaban J connectivity index is 1.32. The molecule has 0 spiro atoms. The molecule has 36 heavy (non-hydrogen) atoms. The van der Waals surface area contributed by atoms with Crippen molar-refractivity contribution >= 4 is 69.0 Å². The van der Waals surface area contributed by atoms with E-state index in [1.54, 1.807) is 4.57 Å². The number of nitrogens with zero attached hydrogens (tertiary/aromatic N) is 3. The van der Waals surface area contributed by atoms with E-state index in [9.17, 15) is 9.59 Å². The molecule has 1 aliphatic rings. The van der Waals surface area contributed by atoms with E-state index in [0.717, 1.165) is 16.6 Å². The number of imidazole rings is 1. The molecule has 1 fully saturated rings. The lowest BCUT2D eigenvalue weighted by Crippen LogP contribution is -2.31. The number of fused-ring (bicyclic) bond motifs is 1. The average molecular weight is 530 g/mol. The molecule has 3 aromatic carbocycles. The van der Waals surface area contributed by atoms with Crippen LogP contribution in [-0.4, -0.2) is 37.1 Å². The first-order valence-electron chi connectivity index (χ1n) is 11.5. The molecule has 180 valence electrons. The summed E-state index contributed by atoms with van der Waals surface area (Å²) in [4.78, 5) is 33.3. The minimum Gasteiger partial charge on any atom is -0.292 e. The summed E-state index contributed by atoms with van der Waals surface area (Å²) in [6.45, 7) is 2.29. The number of hydrogen-bond donors (Lipinski definition) is 0. The number of aryl methyl sites for hydroxylation is 1. The number of hydrogen-bond acceptors (Lipinski definition) is 6. The Hall–Kier alpha value is -3.20. The third-order valence-electron chi connectivity index (χ3n) is 5.79. The summed E-state index contributed by atoms with van der Waals surface area (Å²) in [5.74, 6) is 0.429. The summed E-state index contributed by atoms with van der Waals surface area (Å²) in [7, 11) is 0.